The van der Waals surface area contributed by atoms with Crippen LogP contribution in [0.4, 0.5) is 10.1 Å². The van der Waals surface area contributed by atoms with Crippen LogP contribution in [0.15, 0.2) is 65.6 Å². The van der Waals surface area contributed by atoms with Crippen molar-refractivity contribution in [2.75, 3.05) is 4.72 Å². The Morgan fingerprint density at radius 1 is 0.958 bits per heavy atom. The van der Waals surface area contributed by atoms with Crippen LogP contribution >= 0.6 is 0 Å². The second-order valence-electron chi connectivity index (χ2n) is 5.11. The minimum absolute atomic E-state index is 0.0260. The molecule has 0 aromatic heterocycles. The highest BCUT2D eigenvalue weighted by Crippen LogP contribution is 2.22. The van der Waals surface area contributed by atoms with Crippen LogP contribution in [0.1, 0.15) is 10.4 Å². The summed E-state index contributed by atoms with van der Waals surface area (Å²) in [6.07, 6.45) is 0. The first kappa shape index (κ1) is 15.9. The molecule has 5 nitrogen and oxygen atoms in total. The average Bonchev–Trinajstić information content (AvgIpc) is 2.55. The number of fused-ring (bicyclic) bond motifs is 1. The van der Waals surface area contributed by atoms with Crippen LogP contribution in [0.5, 0.6) is 0 Å². The molecule has 0 atom stereocenters. The van der Waals surface area contributed by atoms with E-state index in [4.69, 9.17) is 5.11 Å². The lowest BCUT2D eigenvalue weighted by Crippen LogP contribution is -2.13. The molecule has 0 saturated carbocycles. The number of aromatic carboxylic acids is 1. The van der Waals surface area contributed by atoms with Gasteiger partial charge in [0.25, 0.3) is 10.0 Å². The zero-order chi connectivity index (χ0) is 17.3. The Hall–Kier alpha value is -2.93. The predicted octanol–water partition coefficient (Wildman–Crippen LogP) is 3.48. The number of carboxylic acids is 1. The summed E-state index contributed by atoms with van der Waals surface area (Å²) in [6.45, 7) is 0. The SMILES string of the molecule is O=C(O)c1cc(NS(=O)(=O)c2ccc3ccccc3c2)ccc1F. The van der Waals surface area contributed by atoms with Crippen LogP contribution in [0.2, 0.25) is 0 Å². The van der Waals surface area contributed by atoms with Crippen LogP contribution in [-0.2, 0) is 10.0 Å². The predicted molar refractivity (Wildman–Crippen MR) is 88.1 cm³/mol. The van der Waals surface area contributed by atoms with Crippen LogP contribution < -0.4 is 4.72 Å². The molecule has 0 heterocycles. The molecule has 0 amide bonds. The summed E-state index contributed by atoms with van der Waals surface area (Å²) in [7, 11) is -3.93. The molecule has 0 radical (unpaired) electrons. The van der Waals surface area contributed by atoms with E-state index in [0.717, 1.165) is 22.9 Å². The van der Waals surface area contributed by atoms with Crippen molar-refractivity contribution in [1.82, 2.24) is 0 Å². The third-order valence-electron chi connectivity index (χ3n) is 3.48. The van der Waals surface area contributed by atoms with Gasteiger partial charge in [0.15, 0.2) is 0 Å². The molecule has 3 aromatic carbocycles. The van der Waals surface area contributed by atoms with Gasteiger partial charge >= 0.3 is 5.97 Å². The molecule has 122 valence electrons. The highest BCUT2D eigenvalue weighted by Gasteiger charge is 2.17. The highest BCUT2D eigenvalue weighted by atomic mass is 32.2. The lowest BCUT2D eigenvalue weighted by atomic mass is 10.1. The molecule has 0 unspecified atom stereocenters. The quantitative estimate of drug-likeness (QED) is 0.758. The Kier molecular flexibility index (Phi) is 3.94. The Morgan fingerprint density at radius 2 is 1.67 bits per heavy atom. The number of benzene rings is 3. The minimum Gasteiger partial charge on any atom is -0.478 e. The monoisotopic (exact) mass is 345 g/mol. The van der Waals surface area contributed by atoms with Gasteiger partial charge < -0.3 is 5.11 Å². The van der Waals surface area contributed by atoms with Crippen LogP contribution in [0.25, 0.3) is 10.8 Å². The maximum Gasteiger partial charge on any atom is 0.338 e. The zero-order valence-corrected chi connectivity index (χ0v) is 13.0. The standard InChI is InChI=1S/C17H12FNO4S/c18-16-8-6-13(10-15(16)17(20)21)19-24(22,23)14-7-5-11-3-1-2-4-12(11)9-14/h1-10,19H,(H,20,21). The molecule has 0 fully saturated rings. The Labute approximate surface area is 137 Å². The summed E-state index contributed by atoms with van der Waals surface area (Å²) in [6, 6.07) is 14.9. The van der Waals surface area contributed by atoms with Gasteiger partial charge in [0.05, 0.1) is 10.5 Å². The molecular weight excluding hydrogens is 333 g/mol. The largest absolute Gasteiger partial charge is 0.478 e. The van der Waals surface area contributed by atoms with E-state index in [0.29, 0.717) is 0 Å². The second-order valence-corrected chi connectivity index (χ2v) is 6.80. The summed E-state index contributed by atoms with van der Waals surface area (Å²) in [5.41, 5.74) is -0.629. The minimum atomic E-state index is -3.93. The first-order chi connectivity index (χ1) is 11.4. The van der Waals surface area contributed by atoms with E-state index in [-0.39, 0.29) is 10.6 Å². The molecule has 0 spiro atoms. The van der Waals surface area contributed by atoms with Crippen molar-refractivity contribution in [1.29, 1.82) is 0 Å². The third-order valence-corrected chi connectivity index (χ3v) is 4.86. The van der Waals surface area contributed by atoms with Gasteiger partial charge in [0.1, 0.15) is 5.82 Å². The lowest BCUT2D eigenvalue weighted by Gasteiger charge is -2.10. The normalized spacial score (nSPS) is 11.4. The van der Waals surface area contributed by atoms with Gasteiger partial charge in [-0.1, -0.05) is 30.3 Å². The van der Waals surface area contributed by atoms with E-state index < -0.39 is 27.4 Å². The molecule has 0 aliphatic heterocycles. The number of halogens is 1. The fraction of sp³-hybridized carbons (Fsp3) is 0. The van der Waals surface area contributed by atoms with Crippen molar-refractivity contribution in [2.24, 2.45) is 0 Å². The zero-order valence-electron chi connectivity index (χ0n) is 12.2. The molecule has 0 bridgehead atoms. The van der Waals surface area contributed by atoms with Gasteiger partial charge in [-0.25, -0.2) is 17.6 Å². The third kappa shape index (κ3) is 3.07. The fourth-order valence-corrected chi connectivity index (χ4v) is 3.39. The van der Waals surface area contributed by atoms with Gasteiger partial charge in [0.2, 0.25) is 0 Å². The molecule has 0 aliphatic rings. The first-order valence-electron chi connectivity index (χ1n) is 6.91. The number of nitrogens with one attached hydrogen (secondary N) is 1. The van der Waals surface area contributed by atoms with E-state index >= 15 is 0 Å². The number of anilines is 1. The van der Waals surface area contributed by atoms with Gasteiger partial charge in [-0.3, -0.25) is 4.72 Å². The molecule has 0 aliphatic carbocycles. The van der Waals surface area contributed by atoms with E-state index in [1.165, 1.54) is 18.2 Å². The van der Waals surface area contributed by atoms with Crippen molar-refractivity contribution < 1.29 is 22.7 Å². The maximum atomic E-state index is 13.4. The average molecular weight is 345 g/mol. The van der Waals surface area contributed by atoms with Crippen molar-refractivity contribution >= 4 is 32.5 Å². The summed E-state index contributed by atoms with van der Waals surface area (Å²) >= 11 is 0. The van der Waals surface area contributed by atoms with Crippen LogP contribution in [0.3, 0.4) is 0 Å². The van der Waals surface area contributed by atoms with Crippen LogP contribution in [-0.4, -0.2) is 19.5 Å². The Morgan fingerprint density at radius 3 is 2.38 bits per heavy atom. The molecule has 24 heavy (non-hydrogen) atoms. The molecular formula is C17H12FNO4S. The summed E-state index contributed by atoms with van der Waals surface area (Å²) < 4.78 is 40.6. The van der Waals surface area contributed by atoms with Crippen molar-refractivity contribution in [3.8, 4) is 0 Å². The topological polar surface area (TPSA) is 83.5 Å². The number of hydrogen-bond acceptors (Lipinski definition) is 3. The number of carbonyl (C=O) groups is 1. The smallest absolute Gasteiger partial charge is 0.338 e. The number of hydrogen-bond donors (Lipinski definition) is 2. The maximum absolute atomic E-state index is 13.4. The summed E-state index contributed by atoms with van der Waals surface area (Å²) in [5.74, 6) is -2.41. The molecule has 2 N–H and O–H groups in total. The molecule has 3 aromatic rings. The van der Waals surface area contributed by atoms with E-state index in [1.54, 1.807) is 18.2 Å². The van der Waals surface area contributed by atoms with E-state index in [1.807, 2.05) is 12.1 Å². The summed E-state index contributed by atoms with van der Waals surface area (Å²) in [4.78, 5) is 11.0. The van der Waals surface area contributed by atoms with Crippen molar-refractivity contribution in [3.05, 3.63) is 72.0 Å². The number of rotatable bonds is 4. The lowest BCUT2D eigenvalue weighted by molar-refractivity contribution is 0.0692. The Balaban J connectivity index is 1.98. The molecule has 0 saturated heterocycles. The number of sulfonamides is 1. The Bertz CT molecular complexity index is 1050. The van der Waals surface area contributed by atoms with Crippen molar-refractivity contribution in [2.45, 2.75) is 4.90 Å². The van der Waals surface area contributed by atoms with Gasteiger partial charge in [-0.2, -0.15) is 0 Å². The molecule has 7 heteroatoms. The van der Waals surface area contributed by atoms with E-state index in [2.05, 4.69) is 4.72 Å². The van der Waals surface area contributed by atoms with Gasteiger partial charge in [-0.05, 0) is 41.1 Å². The van der Waals surface area contributed by atoms with Crippen molar-refractivity contribution in [3.63, 3.8) is 0 Å². The van der Waals surface area contributed by atoms with E-state index in [9.17, 15) is 17.6 Å². The van der Waals surface area contributed by atoms with Gasteiger partial charge in [0, 0.05) is 5.69 Å². The number of carboxylic acid groups (broad SMARTS) is 1. The fourth-order valence-electron chi connectivity index (χ4n) is 2.30. The van der Waals surface area contributed by atoms with Gasteiger partial charge in [-0.15, -0.1) is 0 Å². The second kappa shape index (κ2) is 5.93. The van der Waals surface area contributed by atoms with Crippen LogP contribution in [0, 0.1) is 5.82 Å². The first-order valence-corrected chi connectivity index (χ1v) is 8.39. The summed E-state index contributed by atoms with van der Waals surface area (Å²) in [5, 5.41) is 10.6. The highest BCUT2D eigenvalue weighted by molar-refractivity contribution is 7.92. The molecule has 3 rings (SSSR count).